The van der Waals surface area contributed by atoms with Crippen molar-refractivity contribution in [3.63, 3.8) is 0 Å². The Hall–Kier alpha value is -2.42. The molecule has 0 aromatic heterocycles. The van der Waals surface area contributed by atoms with Crippen molar-refractivity contribution in [1.29, 1.82) is 5.26 Å². The van der Waals surface area contributed by atoms with Gasteiger partial charge in [0.2, 0.25) is 11.7 Å². The lowest BCUT2D eigenvalue weighted by Gasteiger charge is -2.26. The van der Waals surface area contributed by atoms with Crippen molar-refractivity contribution in [3.05, 3.63) is 11.6 Å². The number of hydrogen-bond acceptors (Lipinski definition) is 5. The van der Waals surface area contributed by atoms with Crippen LogP contribution in [0.1, 0.15) is 12.0 Å². The van der Waals surface area contributed by atoms with Gasteiger partial charge in [-0.3, -0.25) is 4.79 Å². The van der Waals surface area contributed by atoms with Crippen LogP contribution in [0.3, 0.4) is 0 Å². The second-order valence-electron chi connectivity index (χ2n) is 4.42. The molecule has 1 aliphatic rings. The Balaban J connectivity index is 2.54. The number of nitriles is 1. The fourth-order valence-electron chi connectivity index (χ4n) is 2.38. The summed E-state index contributed by atoms with van der Waals surface area (Å²) in [5.41, 5.74) is 1.46. The lowest BCUT2D eigenvalue weighted by Crippen LogP contribution is -2.30. The minimum absolute atomic E-state index is 0.159. The average Bonchev–Trinajstić information content (AvgIpc) is 2.46. The number of nitrogens with zero attached hydrogens (tertiary/aromatic N) is 1. The van der Waals surface area contributed by atoms with Crippen LogP contribution >= 0.6 is 0 Å². The molecule has 0 fully saturated rings. The quantitative estimate of drug-likeness (QED) is 0.906. The SMILES string of the molecule is COc1cc2c(c(OC)c1OC)CC(CC#N)C(=O)N2. The minimum atomic E-state index is -0.375. The summed E-state index contributed by atoms with van der Waals surface area (Å²) < 4.78 is 16.0. The Kier molecular flexibility index (Phi) is 3.99. The lowest BCUT2D eigenvalue weighted by molar-refractivity contribution is -0.120. The predicted octanol–water partition coefficient (Wildman–Crippen LogP) is 1.74. The molecule has 0 spiro atoms. The summed E-state index contributed by atoms with van der Waals surface area (Å²) in [6, 6.07) is 3.74. The summed E-state index contributed by atoms with van der Waals surface area (Å²) in [6.07, 6.45) is 0.612. The van der Waals surface area contributed by atoms with Gasteiger partial charge in [-0.05, 0) is 6.42 Å². The Morgan fingerprint density at radius 3 is 2.55 bits per heavy atom. The predicted molar refractivity (Wildman–Crippen MR) is 72.2 cm³/mol. The number of anilines is 1. The van der Waals surface area contributed by atoms with Crippen LogP contribution in [0, 0.1) is 17.2 Å². The van der Waals surface area contributed by atoms with Gasteiger partial charge in [0.25, 0.3) is 0 Å². The third-order valence-corrected chi connectivity index (χ3v) is 3.35. The van der Waals surface area contributed by atoms with Gasteiger partial charge in [0, 0.05) is 18.1 Å². The number of benzene rings is 1. The van der Waals surface area contributed by atoms with E-state index >= 15 is 0 Å². The number of rotatable bonds is 4. The van der Waals surface area contributed by atoms with E-state index in [2.05, 4.69) is 5.32 Å². The molecule has 0 aliphatic carbocycles. The Labute approximate surface area is 117 Å². The summed E-state index contributed by atoms with van der Waals surface area (Å²) in [6.45, 7) is 0. The zero-order chi connectivity index (χ0) is 14.7. The fourth-order valence-corrected chi connectivity index (χ4v) is 2.38. The maximum Gasteiger partial charge on any atom is 0.228 e. The lowest BCUT2D eigenvalue weighted by atomic mass is 9.90. The largest absolute Gasteiger partial charge is 0.493 e. The van der Waals surface area contributed by atoms with E-state index in [4.69, 9.17) is 19.5 Å². The number of nitrogens with one attached hydrogen (secondary N) is 1. The molecular weight excluding hydrogens is 260 g/mol. The van der Waals surface area contributed by atoms with E-state index in [0.29, 0.717) is 29.4 Å². The van der Waals surface area contributed by atoms with Crippen LogP contribution in [0.2, 0.25) is 0 Å². The zero-order valence-electron chi connectivity index (χ0n) is 11.6. The van der Waals surface area contributed by atoms with Crippen LogP contribution in [0.15, 0.2) is 6.07 Å². The van der Waals surface area contributed by atoms with Gasteiger partial charge in [-0.15, -0.1) is 0 Å². The third-order valence-electron chi connectivity index (χ3n) is 3.35. The molecule has 1 atom stereocenters. The molecule has 1 amide bonds. The summed E-state index contributed by atoms with van der Waals surface area (Å²) in [5, 5.41) is 11.6. The smallest absolute Gasteiger partial charge is 0.228 e. The van der Waals surface area contributed by atoms with Gasteiger partial charge in [-0.2, -0.15) is 5.26 Å². The van der Waals surface area contributed by atoms with Crippen LogP contribution in [0.25, 0.3) is 0 Å². The highest BCUT2D eigenvalue weighted by atomic mass is 16.5. The summed E-state index contributed by atoms with van der Waals surface area (Å²) in [5.74, 6) is 0.973. The summed E-state index contributed by atoms with van der Waals surface area (Å²) >= 11 is 0. The van der Waals surface area contributed by atoms with Crippen LogP contribution in [-0.4, -0.2) is 27.2 Å². The van der Waals surface area contributed by atoms with Crippen molar-refractivity contribution in [3.8, 4) is 23.3 Å². The topological polar surface area (TPSA) is 80.6 Å². The van der Waals surface area contributed by atoms with Crippen molar-refractivity contribution in [2.24, 2.45) is 5.92 Å². The van der Waals surface area contributed by atoms with Crippen molar-refractivity contribution >= 4 is 11.6 Å². The molecule has 1 aromatic carbocycles. The molecule has 6 heteroatoms. The third kappa shape index (κ3) is 2.23. The minimum Gasteiger partial charge on any atom is -0.493 e. The van der Waals surface area contributed by atoms with Crippen molar-refractivity contribution in [2.75, 3.05) is 26.6 Å². The van der Waals surface area contributed by atoms with Gasteiger partial charge in [0.15, 0.2) is 11.5 Å². The van der Waals surface area contributed by atoms with Crippen LogP contribution in [-0.2, 0) is 11.2 Å². The molecule has 1 aromatic rings. The number of amides is 1. The van der Waals surface area contributed by atoms with Crippen molar-refractivity contribution < 1.29 is 19.0 Å². The molecule has 2 rings (SSSR count). The molecule has 0 bridgehead atoms. The zero-order valence-corrected chi connectivity index (χ0v) is 11.6. The number of methoxy groups -OCH3 is 3. The highest BCUT2D eigenvalue weighted by Crippen LogP contribution is 2.46. The first-order valence-electron chi connectivity index (χ1n) is 6.15. The van der Waals surface area contributed by atoms with Gasteiger partial charge in [-0.25, -0.2) is 0 Å². The first-order chi connectivity index (χ1) is 9.65. The van der Waals surface area contributed by atoms with E-state index in [1.807, 2.05) is 6.07 Å². The maximum atomic E-state index is 11.9. The fraction of sp³-hybridized carbons (Fsp3) is 0.429. The number of fused-ring (bicyclic) bond motifs is 1. The van der Waals surface area contributed by atoms with E-state index < -0.39 is 0 Å². The van der Waals surface area contributed by atoms with Gasteiger partial charge >= 0.3 is 0 Å². The molecule has 1 N–H and O–H groups in total. The summed E-state index contributed by atoms with van der Waals surface area (Å²) in [4.78, 5) is 11.9. The molecule has 106 valence electrons. The maximum absolute atomic E-state index is 11.9. The van der Waals surface area contributed by atoms with Crippen LogP contribution in [0.4, 0.5) is 5.69 Å². The molecule has 20 heavy (non-hydrogen) atoms. The van der Waals surface area contributed by atoms with E-state index in [9.17, 15) is 4.79 Å². The van der Waals surface area contributed by atoms with Gasteiger partial charge < -0.3 is 19.5 Å². The molecule has 0 saturated heterocycles. The summed E-state index contributed by atoms with van der Waals surface area (Å²) in [7, 11) is 4.58. The van der Waals surface area contributed by atoms with Crippen LogP contribution < -0.4 is 19.5 Å². The Bertz CT molecular complexity index is 578. The number of ether oxygens (including phenoxy) is 3. The molecule has 1 heterocycles. The Morgan fingerprint density at radius 2 is 2.00 bits per heavy atom. The first kappa shape index (κ1) is 14.0. The van der Waals surface area contributed by atoms with Crippen molar-refractivity contribution in [2.45, 2.75) is 12.8 Å². The van der Waals surface area contributed by atoms with E-state index in [-0.39, 0.29) is 18.2 Å². The standard InChI is InChI=1S/C14H16N2O4/c1-18-11-7-10-9(12(19-2)13(11)20-3)6-8(4-5-15)14(17)16-10/h7-8H,4,6H2,1-3H3,(H,16,17). The monoisotopic (exact) mass is 276 g/mol. The van der Waals surface area contributed by atoms with E-state index in [1.165, 1.54) is 21.3 Å². The first-order valence-corrected chi connectivity index (χ1v) is 6.15. The van der Waals surface area contributed by atoms with Gasteiger partial charge in [0.1, 0.15) is 0 Å². The van der Waals surface area contributed by atoms with Crippen LogP contribution in [0.5, 0.6) is 17.2 Å². The van der Waals surface area contributed by atoms with Gasteiger partial charge in [-0.1, -0.05) is 0 Å². The van der Waals surface area contributed by atoms with E-state index in [1.54, 1.807) is 6.07 Å². The molecule has 6 nitrogen and oxygen atoms in total. The second-order valence-corrected chi connectivity index (χ2v) is 4.42. The number of hydrogen-bond donors (Lipinski definition) is 1. The Morgan fingerprint density at radius 1 is 1.30 bits per heavy atom. The van der Waals surface area contributed by atoms with E-state index in [0.717, 1.165) is 5.56 Å². The normalized spacial score (nSPS) is 16.7. The van der Waals surface area contributed by atoms with Crippen molar-refractivity contribution in [1.82, 2.24) is 0 Å². The van der Waals surface area contributed by atoms with Gasteiger partial charge in [0.05, 0.1) is 39.0 Å². The second kappa shape index (κ2) is 5.70. The molecule has 0 radical (unpaired) electrons. The number of carbonyl (C=O) groups is 1. The highest BCUT2D eigenvalue weighted by molar-refractivity contribution is 5.97. The molecule has 1 unspecified atom stereocenters. The highest BCUT2D eigenvalue weighted by Gasteiger charge is 2.31. The molecule has 0 saturated carbocycles. The molecular formula is C14H16N2O4. The molecule has 1 aliphatic heterocycles. The average molecular weight is 276 g/mol. The number of carbonyl (C=O) groups excluding carboxylic acids is 1.